The minimum absolute atomic E-state index is 0.232. The zero-order valence-electron chi connectivity index (χ0n) is 14.0. The third kappa shape index (κ3) is 4.04. The van der Waals surface area contributed by atoms with E-state index in [2.05, 4.69) is 47.5 Å². The second kappa shape index (κ2) is 7.73. The van der Waals surface area contributed by atoms with Gasteiger partial charge in [0.1, 0.15) is 5.25 Å². The average molecular weight is 369 g/mol. The number of benzene rings is 2. The molecule has 4 nitrogen and oxygen atoms in total. The van der Waals surface area contributed by atoms with Crippen molar-refractivity contribution < 1.29 is 0 Å². The van der Waals surface area contributed by atoms with Crippen molar-refractivity contribution in [2.24, 2.45) is 7.05 Å². The molecular weight excluding hydrogens is 352 g/mol. The summed E-state index contributed by atoms with van der Waals surface area (Å²) in [6.07, 6.45) is 0.662. The fraction of sp³-hybridized carbons (Fsp3) is 0.211. The molecule has 0 bridgehead atoms. The molecule has 0 N–H and O–H groups in total. The van der Waals surface area contributed by atoms with E-state index in [1.54, 1.807) is 0 Å². The number of hydrogen-bond acceptors (Lipinski definition) is 4. The molecule has 0 radical (unpaired) electrons. The number of hydrogen-bond donors (Lipinski definition) is 0. The largest absolute Gasteiger partial charge is 0.305 e. The van der Waals surface area contributed by atoms with Gasteiger partial charge in [-0.1, -0.05) is 65.3 Å². The van der Waals surface area contributed by atoms with Crippen LogP contribution in [0.15, 0.2) is 53.7 Å². The van der Waals surface area contributed by atoms with Crippen LogP contribution in [0.1, 0.15) is 11.1 Å². The number of nitriles is 1. The summed E-state index contributed by atoms with van der Waals surface area (Å²) in [6.45, 7) is 2.05. The summed E-state index contributed by atoms with van der Waals surface area (Å²) in [7, 11) is 1.89. The van der Waals surface area contributed by atoms with Crippen LogP contribution in [0, 0.1) is 18.3 Å². The molecule has 0 saturated heterocycles. The van der Waals surface area contributed by atoms with E-state index in [4.69, 9.17) is 11.6 Å². The van der Waals surface area contributed by atoms with Crippen LogP contribution in [0.3, 0.4) is 0 Å². The SMILES string of the molecule is Cc1ccc(C[C@@H](C#N)Sc2nnc(-c3ccccc3Cl)n2C)cc1. The molecule has 0 aliphatic heterocycles. The highest BCUT2D eigenvalue weighted by Crippen LogP contribution is 2.30. The van der Waals surface area contributed by atoms with Gasteiger partial charge in [-0.2, -0.15) is 5.26 Å². The van der Waals surface area contributed by atoms with E-state index in [0.29, 0.717) is 22.4 Å². The summed E-state index contributed by atoms with van der Waals surface area (Å²) in [6, 6.07) is 18.1. The molecule has 0 aliphatic carbocycles. The first kappa shape index (κ1) is 17.5. The van der Waals surface area contributed by atoms with E-state index in [9.17, 15) is 5.26 Å². The third-order valence-electron chi connectivity index (χ3n) is 3.88. The zero-order chi connectivity index (χ0) is 17.8. The summed E-state index contributed by atoms with van der Waals surface area (Å²) >= 11 is 7.67. The topological polar surface area (TPSA) is 54.5 Å². The van der Waals surface area contributed by atoms with Crippen molar-refractivity contribution >= 4 is 23.4 Å². The maximum Gasteiger partial charge on any atom is 0.192 e. The van der Waals surface area contributed by atoms with E-state index in [0.717, 1.165) is 11.1 Å². The van der Waals surface area contributed by atoms with Crippen LogP contribution < -0.4 is 0 Å². The normalized spacial score (nSPS) is 11.9. The maximum atomic E-state index is 9.51. The van der Waals surface area contributed by atoms with Crippen molar-refractivity contribution in [3.8, 4) is 17.5 Å². The first-order valence-electron chi connectivity index (χ1n) is 7.84. The lowest BCUT2D eigenvalue weighted by Crippen LogP contribution is -2.06. The number of halogens is 1. The minimum atomic E-state index is -0.232. The average Bonchev–Trinajstić information content (AvgIpc) is 2.97. The lowest BCUT2D eigenvalue weighted by Gasteiger charge is -2.09. The van der Waals surface area contributed by atoms with Gasteiger partial charge >= 0.3 is 0 Å². The van der Waals surface area contributed by atoms with Gasteiger partial charge in [-0.05, 0) is 31.0 Å². The Morgan fingerprint density at radius 1 is 1.16 bits per heavy atom. The van der Waals surface area contributed by atoms with Gasteiger partial charge < -0.3 is 4.57 Å². The number of aromatic nitrogens is 3. The molecule has 2 aromatic carbocycles. The van der Waals surface area contributed by atoms with Gasteiger partial charge in [-0.15, -0.1) is 10.2 Å². The van der Waals surface area contributed by atoms with Crippen LogP contribution in [-0.4, -0.2) is 20.0 Å². The Bertz CT molecular complexity index is 912. The van der Waals surface area contributed by atoms with E-state index in [1.165, 1.54) is 17.3 Å². The minimum Gasteiger partial charge on any atom is -0.305 e. The van der Waals surface area contributed by atoms with Gasteiger partial charge in [-0.25, -0.2) is 0 Å². The Morgan fingerprint density at radius 2 is 1.88 bits per heavy atom. The van der Waals surface area contributed by atoms with Crippen LogP contribution in [0.4, 0.5) is 0 Å². The van der Waals surface area contributed by atoms with Crippen LogP contribution in [0.5, 0.6) is 0 Å². The summed E-state index contributed by atoms with van der Waals surface area (Å²) in [5.41, 5.74) is 3.18. The van der Waals surface area contributed by atoms with Crippen LogP contribution in [0.2, 0.25) is 5.02 Å². The second-order valence-corrected chi connectivity index (χ2v) is 7.35. The highest BCUT2D eigenvalue weighted by atomic mass is 35.5. The number of nitrogens with zero attached hydrogens (tertiary/aromatic N) is 4. The van der Waals surface area contributed by atoms with E-state index < -0.39 is 0 Å². The third-order valence-corrected chi connectivity index (χ3v) is 5.34. The van der Waals surface area contributed by atoms with Crippen molar-refractivity contribution in [2.45, 2.75) is 23.8 Å². The summed E-state index contributed by atoms with van der Waals surface area (Å²) in [5, 5.41) is 19.1. The van der Waals surface area contributed by atoms with Gasteiger partial charge in [0, 0.05) is 12.6 Å². The molecule has 3 rings (SSSR count). The van der Waals surface area contributed by atoms with Crippen LogP contribution in [0.25, 0.3) is 11.4 Å². The monoisotopic (exact) mass is 368 g/mol. The van der Waals surface area contributed by atoms with Crippen molar-refractivity contribution in [3.05, 3.63) is 64.7 Å². The standard InChI is InChI=1S/C19H17ClN4S/c1-13-7-9-14(10-8-13)11-15(12-21)25-19-23-22-18(24(19)2)16-5-3-4-6-17(16)20/h3-10,15H,11H2,1-2H3/t15-/m0/s1. The zero-order valence-corrected chi connectivity index (χ0v) is 15.6. The van der Waals surface area contributed by atoms with Gasteiger partial charge in [0.05, 0.1) is 11.1 Å². The quantitative estimate of drug-likeness (QED) is 0.614. The lowest BCUT2D eigenvalue weighted by molar-refractivity contribution is 0.790. The smallest absolute Gasteiger partial charge is 0.192 e. The van der Waals surface area contributed by atoms with Crippen LogP contribution in [-0.2, 0) is 13.5 Å². The van der Waals surface area contributed by atoms with Gasteiger partial charge in [0.25, 0.3) is 0 Å². The molecule has 1 atom stereocenters. The van der Waals surface area contributed by atoms with E-state index >= 15 is 0 Å². The van der Waals surface area contributed by atoms with Crippen molar-refractivity contribution in [1.82, 2.24) is 14.8 Å². The molecule has 0 spiro atoms. The lowest BCUT2D eigenvalue weighted by atomic mass is 10.1. The fourth-order valence-corrected chi connectivity index (χ4v) is 3.61. The van der Waals surface area contributed by atoms with Crippen molar-refractivity contribution in [1.29, 1.82) is 5.26 Å². The number of rotatable bonds is 5. The molecule has 0 unspecified atom stereocenters. The molecule has 1 heterocycles. The van der Waals surface area contributed by atoms with Gasteiger partial charge in [0.15, 0.2) is 11.0 Å². The molecule has 3 aromatic rings. The Kier molecular flexibility index (Phi) is 5.42. The fourth-order valence-electron chi connectivity index (χ4n) is 2.47. The highest BCUT2D eigenvalue weighted by molar-refractivity contribution is 8.00. The number of thioether (sulfide) groups is 1. The summed E-state index contributed by atoms with van der Waals surface area (Å²) in [5.74, 6) is 0.695. The molecule has 126 valence electrons. The predicted octanol–water partition coefficient (Wildman–Crippen LogP) is 4.67. The van der Waals surface area contributed by atoms with E-state index in [1.807, 2.05) is 35.9 Å². The van der Waals surface area contributed by atoms with Crippen molar-refractivity contribution in [3.63, 3.8) is 0 Å². The van der Waals surface area contributed by atoms with E-state index in [-0.39, 0.29) is 5.25 Å². The molecule has 25 heavy (non-hydrogen) atoms. The number of aryl methyl sites for hydroxylation is 1. The summed E-state index contributed by atoms with van der Waals surface area (Å²) < 4.78 is 1.88. The summed E-state index contributed by atoms with van der Waals surface area (Å²) in [4.78, 5) is 0. The molecule has 0 saturated carbocycles. The molecule has 0 amide bonds. The Labute approximate surface area is 156 Å². The molecule has 0 fully saturated rings. The second-order valence-electron chi connectivity index (χ2n) is 5.77. The highest BCUT2D eigenvalue weighted by Gasteiger charge is 2.18. The van der Waals surface area contributed by atoms with Crippen molar-refractivity contribution in [2.75, 3.05) is 0 Å². The predicted molar refractivity (Wildman–Crippen MR) is 102 cm³/mol. The first-order chi connectivity index (χ1) is 12.1. The maximum absolute atomic E-state index is 9.51. The molecular formula is C19H17ClN4S. The van der Waals surface area contributed by atoms with Gasteiger partial charge in [-0.3, -0.25) is 0 Å². The Balaban J connectivity index is 1.79. The molecule has 0 aliphatic rings. The Morgan fingerprint density at radius 3 is 2.56 bits per heavy atom. The van der Waals surface area contributed by atoms with Gasteiger partial charge in [0.2, 0.25) is 0 Å². The first-order valence-corrected chi connectivity index (χ1v) is 9.10. The molecule has 6 heteroatoms. The molecule has 1 aromatic heterocycles. The Hall–Kier alpha value is -2.29. The van der Waals surface area contributed by atoms with Crippen LogP contribution >= 0.6 is 23.4 Å².